The Morgan fingerprint density at radius 1 is 1.46 bits per heavy atom. The van der Waals surface area contributed by atoms with Crippen LogP contribution in [-0.4, -0.2) is 26.0 Å². The highest BCUT2D eigenvalue weighted by Crippen LogP contribution is 2.31. The quantitative estimate of drug-likeness (QED) is 0.743. The molecule has 1 rings (SSSR count). The van der Waals surface area contributed by atoms with Crippen LogP contribution >= 0.6 is 0 Å². The van der Waals surface area contributed by atoms with Gasteiger partial charge in [0.25, 0.3) is 0 Å². The summed E-state index contributed by atoms with van der Waals surface area (Å²) in [5.41, 5.74) is 5.83. The molecule has 0 aromatic heterocycles. The Balaban J connectivity index is 2.41. The number of hydrogen-bond donors (Lipinski definition) is 1. The minimum atomic E-state index is -2.96. The van der Waals surface area contributed by atoms with Crippen LogP contribution in [0.3, 0.4) is 0 Å². The molecule has 0 aromatic rings. The highest BCUT2D eigenvalue weighted by molar-refractivity contribution is 7.91. The summed E-state index contributed by atoms with van der Waals surface area (Å²) in [6, 6.07) is -0.180. The third-order valence-corrected chi connectivity index (χ3v) is 4.81. The summed E-state index contributed by atoms with van der Waals surface area (Å²) in [7, 11) is -2.96. The highest BCUT2D eigenvalue weighted by atomic mass is 32.2. The lowest BCUT2D eigenvalue weighted by Crippen LogP contribution is -2.40. The Labute approximate surface area is 80.6 Å². The van der Waals surface area contributed by atoms with Crippen molar-refractivity contribution in [2.24, 2.45) is 11.7 Å². The lowest BCUT2D eigenvalue weighted by atomic mass is 9.80. The van der Waals surface area contributed by atoms with Gasteiger partial charge in [0.05, 0.1) is 5.25 Å². The molecular formula is C9H19NO2S. The van der Waals surface area contributed by atoms with Crippen LogP contribution in [0.1, 0.15) is 32.6 Å². The van der Waals surface area contributed by atoms with E-state index in [1.165, 1.54) is 25.5 Å². The average Bonchev–Trinajstić information content (AvgIpc) is 1.93. The van der Waals surface area contributed by atoms with Crippen molar-refractivity contribution in [1.29, 1.82) is 0 Å². The number of hydrogen-bond acceptors (Lipinski definition) is 3. The molecule has 2 atom stereocenters. The molecule has 0 aliphatic heterocycles. The summed E-state index contributed by atoms with van der Waals surface area (Å²) in [5.74, 6) is 0.680. The second-order valence-corrected chi connectivity index (χ2v) is 6.63. The van der Waals surface area contributed by atoms with E-state index in [0.717, 1.165) is 6.42 Å². The standard InChI is InChI=1S/C9H19NO2S/c1-7(13(2,11)12)9(10)6-8-4-3-5-8/h7-9H,3-6,10H2,1-2H3. The Kier molecular flexibility index (Phi) is 3.35. The molecule has 0 aromatic carbocycles. The van der Waals surface area contributed by atoms with Gasteiger partial charge in [0.15, 0.2) is 9.84 Å². The molecular weight excluding hydrogens is 186 g/mol. The van der Waals surface area contributed by atoms with E-state index < -0.39 is 15.1 Å². The second-order valence-electron chi connectivity index (χ2n) is 4.23. The largest absolute Gasteiger partial charge is 0.327 e. The fourth-order valence-electron chi connectivity index (χ4n) is 1.62. The van der Waals surface area contributed by atoms with E-state index in [2.05, 4.69) is 0 Å². The van der Waals surface area contributed by atoms with Crippen molar-refractivity contribution in [2.45, 2.75) is 43.9 Å². The Morgan fingerprint density at radius 3 is 2.31 bits per heavy atom. The third kappa shape index (κ3) is 2.95. The molecule has 4 heteroatoms. The van der Waals surface area contributed by atoms with E-state index in [0.29, 0.717) is 5.92 Å². The van der Waals surface area contributed by atoms with Crippen molar-refractivity contribution in [3.05, 3.63) is 0 Å². The zero-order valence-electron chi connectivity index (χ0n) is 8.36. The summed E-state index contributed by atoms with van der Waals surface area (Å²) < 4.78 is 22.4. The summed E-state index contributed by atoms with van der Waals surface area (Å²) in [4.78, 5) is 0. The van der Waals surface area contributed by atoms with E-state index >= 15 is 0 Å². The normalized spacial score (nSPS) is 23.6. The van der Waals surface area contributed by atoms with Crippen LogP contribution in [0.15, 0.2) is 0 Å². The summed E-state index contributed by atoms with van der Waals surface area (Å²) >= 11 is 0. The minimum Gasteiger partial charge on any atom is -0.327 e. The Hall–Kier alpha value is -0.0900. The van der Waals surface area contributed by atoms with Crippen molar-refractivity contribution < 1.29 is 8.42 Å². The van der Waals surface area contributed by atoms with Crippen LogP contribution in [0.2, 0.25) is 0 Å². The lowest BCUT2D eigenvalue weighted by Gasteiger charge is -2.29. The molecule has 0 spiro atoms. The summed E-state index contributed by atoms with van der Waals surface area (Å²) in [5, 5.41) is -0.395. The van der Waals surface area contributed by atoms with Crippen LogP contribution < -0.4 is 5.73 Å². The van der Waals surface area contributed by atoms with Gasteiger partial charge in [-0.05, 0) is 19.3 Å². The zero-order chi connectivity index (χ0) is 10.1. The van der Waals surface area contributed by atoms with Gasteiger partial charge in [-0.1, -0.05) is 19.3 Å². The summed E-state index contributed by atoms with van der Waals surface area (Å²) in [6.45, 7) is 1.71. The van der Waals surface area contributed by atoms with Crippen LogP contribution in [0.5, 0.6) is 0 Å². The Morgan fingerprint density at radius 2 is 2.00 bits per heavy atom. The number of rotatable bonds is 4. The SMILES string of the molecule is CC(C(N)CC1CCC1)S(C)(=O)=O. The van der Waals surface area contributed by atoms with Gasteiger partial charge in [0, 0.05) is 12.3 Å². The first-order chi connectivity index (χ1) is 5.91. The van der Waals surface area contributed by atoms with Crippen LogP contribution in [0, 0.1) is 5.92 Å². The van der Waals surface area contributed by atoms with Crippen molar-refractivity contribution in [3.63, 3.8) is 0 Å². The van der Waals surface area contributed by atoms with Gasteiger partial charge in [0.2, 0.25) is 0 Å². The molecule has 13 heavy (non-hydrogen) atoms. The predicted molar refractivity (Wildman–Crippen MR) is 54.2 cm³/mol. The molecule has 0 heterocycles. The molecule has 0 bridgehead atoms. The lowest BCUT2D eigenvalue weighted by molar-refractivity contribution is 0.274. The minimum absolute atomic E-state index is 0.180. The van der Waals surface area contributed by atoms with Crippen molar-refractivity contribution >= 4 is 9.84 Å². The first kappa shape index (κ1) is 11.0. The average molecular weight is 205 g/mol. The molecule has 1 saturated carbocycles. The third-order valence-electron chi connectivity index (χ3n) is 3.11. The highest BCUT2D eigenvalue weighted by Gasteiger charge is 2.27. The van der Waals surface area contributed by atoms with E-state index in [-0.39, 0.29) is 6.04 Å². The maximum Gasteiger partial charge on any atom is 0.151 e. The van der Waals surface area contributed by atoms with Crippen molar-refractivity contribution in [3.8, 4) is 0 Å². The fourth-order valence-corrected chi connectivity index (χ4v) is 2.37. The molecule has 0 amide bonds. The maximum atomic E-state index is 11.2. The zero-order valence-corrected chi connectivity index (χ0v) is 9.18. The maximum absolute atomic E-state index is 11.2. The predicted octanol–water partition coefficient (Wildman–Crippen LogP) is 0.937. The molecule has 3 nitrogen and oxygen atoms in total. The molecule has 1 fully saturated rings. The number of sulfone groups is 1. The van der Waals surface area contributed by atoms with Gasteiger partial charge in [-0.2, -0.15) is 0 Å². The van der Waals surface area contributed by atoms with Gasteiger partial charge in [-0.15, -0.1) is 0 Å². The van der Waals surface area contributed by atoms with Crippen molar-refractivity contribution in [2.75, 3.05) is 6.26 Å². The van der Waals surface area contributed by atoms with Crippen LogP contribution in [-0.2, 0) is 9.84 Å². The van der Waals surface area contributed by atoms with Gasteiger partial charge in [0.1, 0.15) is 0 Å². The molecule has 0 radical (unpaired) electrons. The van der Waals surface area contributed by atoms with Gasteiger partial charge in [-0.3, -0.25) is 0 Å². The number of nitrogens with two attached hydrogens (primary N) is 1. The molecule has 2 unspecified atom stereocenters. The van der Waals surface area contributed by atoms with Crippen LogP contribution in [0.4, 0.5) is 0 Å². The van der Waals surface area contributed by atoms with Gasteiger partial charge < -0.3 is 5.73 Å². The fraction of sp³-hybridized carbons (Fsp3) is 1.00. The molecule has 2 N–H and O–H groups in total. The monoisotopic (exact) mass is 205 g/mol. The molecule has 78 valence electrons. The first-order valence-corrected chi connectivity index (χ1v) is 6.81. The van der Waals surface area contributed by atoms with Crippen LogP contribution in [0.25, 0.3) is 0 Å². The smallest absolute Gasteiger partial charge is 0.151 e. The first-order valence-electron chi connectivity index (χ1n) is 4.85. The van der Waals surface area contributed by atoms with Gasteiger partial charge >= 0.3 is 0 Å². The van der Waals surface area contributed by atoms with E-state index in [1.807, 2.05) is 0 Å². The van der Waals surface area contributed by atoms with E-state index in [1.54, 1.807) is 6.92 Å². The molecule has 1 aliphatic carbocycles. The van der Waals surface area contributed by atoms with Crippen molar-refractivity contribution in [1.82, 2.24) is 0 Å². The van der Waals surface area contributed by atoms with E-state index in [9.17, 15) is 8.42 Å². The topological polar surface area (TPSA) is 60.2 Å². The summed E-state index contributed by atoms with van der Waals surface area (Å²) in [6.07, 6.45) is 5.87. The molecule has 1 aliphatic rings. The Bertz CT molecular complexity index is 257. The second kappa shape index (κ2) is 3.96. The van der Waals surface area contributed by atoms with Gasteiger partial charge in [-0.25, -0.2) is 8.42 Å². The molecule has 0 saturated heterocycles. The van der Waals surface area contributed by atoms with E-state index in [4.69, 9.17) is 5.73 Å².